The van der Waals surface area contributed by atoms with Crippen molar-refractivity contribution in [2.45, 2.75) is 45.4 Å². The van der Waals surface area contributed by atoms with Crippen LogP contribution in [0.4, 0.5) is 0 Å². The molecule has 0 heterocycles. The van der Waals surface area contributed by atoms with Gasteiger partial charge >= 0.3 is 0 Å². The second-order valence-corrected chi connectivity index (χ2v) is 7.39. The summed E-state index contributed by atoms with van der Waals surface area (Å²) in [6.45, 7) is 2.52. The van der Waals surface area contributed by atoms with Gasteiger partial charge in [0.05, 0.1) is 5.76 Å². The number of aliphatic hydroxyl groups excluding tert-OH is 1. The summed E-state index contributed by atoms with van der Waals surface area (Å²) in [4.78, 5) is 0. The van der Waals surface area contributed by atoms with Gasteiger partial charge in [-0.3, -0.25) is 0 Å². The standard InChI is InChI=1S/C18H24O/c1-18-10-3-5-15(18)13-8-7-12-4-2-6-16(19)17(12)14(13)9-11-18/h2,4,6-7,13-15,17,19H,3,5,8-11H2,1H3/t13-,14+,15+,17+,18+/m1/s1. The third-order valence-corrected chi connectivity index (χ3v) is 6.56. The summed E-state index contributed by atoms with van der Waals surface area (Å²) in [5.74, 6) is 3.34. The Hall–Kier alpha value is -0.980. The molecule has 19 heavy (non-hydrogen) atoms. The van der Waals surface area contributed by atoms with E-state index < -0.39 is 0 Å². The van der Waals surface area contributed by atoms with E-state index in [1.54, 1.807) is 0 Å². The fraction of sp³-hybridized carbons (Fsp3) is 0.667. The molecule has 4 aliphatic rings. The van der Waals surface area contributed by atoms with Crippen LogP contribution in [-0.4, -0.2) is 5.11 Å². The molecule has 0 bridgehead atoms. The van der Waals surface area contributed by atoms with E-state index in [0.717, 1.165) is 11.8 Å². The molecule has 0 radical (unpaired) electrons. The summed E-state index contributed by atoms with van der Waals surface area (Å²) in [5, 5.41) is 10.3. The van der Waals surface area contributed by atoms with Gasteiger partial charge in [0.2, 0.25) is 0 Å². The van der Waals surface area contributed by atoms with Crippen molar-refractivity contribution in [3.63, 3.8) is 0 Å². The highest BCUT2D eigenvalue weighted by atomic mass is 16.3. The van der Waals surface area contributed by atoms with Crippen LogP contribution in [0.15, 0.2) is 35.6 Å². The van der Waals surface area contributed by atoms with Gasteiger partial charge in [0, 0.05) is 5.92 Å². The molecule has 5 atom stereocenters. The molecule has 0 unspecified atom stereocenters. The van der Waals surface area contributed by atoms with E-state index in [0.29, 0.717) is 23.0 Å². The van der Waals surface area contributed by atoms with Crippen LogP contribution in [0.1, 0.15) is 45.4 Å². The fourth-order valence-electron chi connectivity index (χ4n) is 5.63. The van der Waals surface area contributed by atoms with Crippen molar-refractivity contribution < 1.29 is 5.11 Å². The molecule has 0 saturated heterocycles. The molecule has 0 aromatic rings. The monoisotopic (exact) mass is 256 g/mol. The SMILES string of the molecule is C[C@@]12CCC[C@H]1[C@@H]1CC=C3C=CC=C(O)[C@@H]3[C@H]1CC2. The highest BCUT2D eigenvalue weighted by Gasteiger charge is 2.52. The number of allylic oxidation sites excluding steroid dienone is 5. The molecule has 1 N–H and O–H groups in total. The highest BCUT2D eigenvalue weighted by Crippen LogP contribution is 2.60. The minimum Gasteiger partial charge on any atom is -0.512 e. The maximum atomic E-state index is 10.3. The average molecular weight is 256 g/mol. The molecule has 0 spiro atoms. The Kier molecular flexibility index (Phi) is 2.49. The van der Waals surface area contributed by atoms with E-state index in [-0.39, 0.29) is 0 Å². The predicted molar refractivity (Wildman–Crippen MR) is 77.7 cm³/mol. The maximum absolute atomic E-state index is 10.3. The van der Waals surface area contributed by atoms with Gasteiger partial charge < -0.3 is 5.11 Å². The Morgan fingerprint density at radius 1 is 1.21 bits per heavy atom. The van der Waals surface area contributed by atoms with E-state index in [1.807, 2.05) is 12.2 Å². The molecule has 4 aliphatic carbocycles. The molecule has 1 nitrogen and oxygen atoms in total. The molecule has 2 fully saturated rings. The number of fused-ring (bicyclic) bond motifs is 5. The van der Waals surface area contributed by atoms with Crippen molar-refractivity contribution in [1.29, 1.82) is 0 Å². The van der Waals surface area contributed by atoms with E-state index >= 15 is 0 Å². The lowest BCUT2D eigenvalue weighted by molar-refractivity contribution is 0.0156. The van der Waals surface area contributed by atoms with Crippen LogP contribution in [0.2, 0.25) is 0 Å². The minimum absolute atomic E-state index is 0.314. The topological polar surface area (TPSA) is 20.2 Å². The Morgan fingerprint density at radius 2 is 2.11 bits per heavy atom. The first-order valence-corrected chi connectivity index (χ1v) is 7.96. The summed E-state index contributed by atoms with van der Waals surface area (Å²) in [6, 6.07) is 0. The third-order valence-electron chi connectivity index (χ3n) is 6.56. The quantitative estimate of drug-likeness (QED) is 0.661. The number of hydrogen-bond acceptors (Lipinski definition) is 1. The van der Waals surface area contributed by atoms with E-state index in [9.17, 15) is 5.11 Å². The summed E-state index contributed by atoms with van der Waals surface area (Å²) in [7, 11) is 0. The lowest BCUT2D eigenvalue weighted by atomic mass is 9.54. The molecule has 0 aliphatic heterocycles. The lowest BCUT2D eigenvalue weighted by Gasteiger charge is -2.51. The van der Waals surface area contributed by atoms with Crippen molar-refractivity contribution in [2.75, 3.05) is 0 Å². The summed E-state index contributed by atoms with van der Waals surface area (Å²) in [6.07, 6.45) is 16.7. The van der Waals surface area contributed by atoms with Crippen molar-refractivity contribution >= 4 is 0 Å². The predicted octanol–water partition coefficient (Wildman–Crippen LogP) is 4.78. The first kappa shape index (κ1) is 11.8. The van der Waals surface area contributed by atoms with Gasteiger partial charge in [0.1, 0.15) is 0 Å². The van der Waals surface area contributed by atoms with Crippen molar-refractivity contribution in [3.05, 3.63) is 35.6 Å². The molecular formula is C18H24O. The van der Waals surface area contributed by atoms with Crippen LogP contribution < -0.4 is 0 Å². The molecule has 102 valence electrons. The first-order valence-electron chi connectivity index (χ1n) is 7.96. The number of hydrogen-bond donors (Lipinski definition) is 1. The maximum Gasteiger partial charge on any atom is 0.1000 e. The molecule has 0 aromatic heterocycles. The summed E-state index contributed by atoms with van der Waals surface area (Å²) < 4.78 is 0. The Balaban J connectivity index is 1.71. The van der Waals surface area contributed by atoms with Gasteiger partial charge in [-0.05, 0) is 66.9 Å². The molecule has 0 amide bonds. The summed E-state index contributed by atoms with van der Waals surface area (Å²) >= 11 is 0. The Labute approximate surface area is 116 Å². The van der Waals surface area contributed by atoms with Gasteiger partial charge in [-0.15, -0.1) is 0 Å². The molecule has 2 saturated carbocycles. The largest absolute Gasteiger partial charge is 0.512 e. The van der Waals surface area contributed by atoms with Crippen LogP contribution >= 0.6 is 0 Å². The lowest BCUT2D eigenvalue weighted by Crippen LogP contribution is -2.43. The zero-order valence-electron chi connectivity index (χ0n) is 11.8. The number of aliphatic hydroxyl groups is 1. The van der Waals surface area contributed by atoms with Crippen LogP contribution in [0, 0.1) is 29.1 Å². The number of rotatable bonds is 0. The van der Waals surface area contributed by atoms with Gasteiger partial charge in [0.15, 0.2) is 0 Å². The molecule has 0 aromatic carbocycles. The minimum atomic E-state index is 0.314. The smallest absolute Gasteiger partial charge is 0.1000 e. The van der Waals surface area contributed by atoms with Crippen LogP contribution in [0.3, 0.4) is 0 Å². The van der Waals surface area contributed by atoms with E-state index in [1.165, 1.54) is 44.1 Å². The van der Waals surface area contributed by atoms with Crippen molar-refractivity contribution in [3.8, 4) is 0 Å². The van der Waals surface area contributed by atoms with Gasteiger partial charge in [-0.25, -0.2) is 0 Å². The summed E-state index contributed by atoms with van der Waals surface area (Å²) in [5.41, 5.74) is 1.99. The zero-order valence-corrected chi connectivity index (χ0v) is 11.8. The van der Waals surface area contributed by atoms with Crippen LogP contribution in [0.25, 0.3) is 0 Å². The van der Waals surface area contributed by atoms with Gasteiger partial charge in [-0.2, -0.15) is 0 Å². The van der Waals surface area contributed by atoms with Gasteiger partial charge in [-0.1, -0.05) is 31.6 Å². The molecule has 4 rings (SSSR count). The molecular weight excluding hydrogens is 232 g/mol. The van der Waals surface area contributed by atoms with Crippen molar-refractivity contribution in [2.24, 2.45) is 29.1 Å². The fourth-order valence-corrected chi connectivity index (χ4v) is 5.63. The Morgan fingerprint density at radius 3 is 3.00 bits per heavy atom. The second kappa shape index (κ2) is 4.01. The Bertz CT molecular complexity index is 484. The highest BCUT2D eigenvalue weighted by molar-refractivity contribution is 5.38. The average Bonchev–Trinajstić information content (AvgIpc) is 2.80. The van der Waals surface area contributed by atoms with E-state index in [2.05, 4.69) is 19.1 Å². The van der Waals surface area contributed by atoms with Crippen LogP contribution in [-0.2, 0) is 0 Å². The van der Waals surface area contributed by atoms with E-state index in [4.69, 9.17) is 0 Å². The third kappa shape index (κ3) is 1.60. The zero-order chi connectivity index (χ0) is 13.0. The van der Waals surface area contributed by atoms with Gasteiger partial charge in [0.25, 0.3) is 0 Å². The first-order chi connectivity index (χ1) is 9.19. The van der Waals surface area contributed by atoms with Crippen LogP contribution in [0.5, 0.6) is 0 Å². The normalized spacial score (nSPS) is 47.8. The second-order valence-electron chi connectivity index (χ2n) is 7.39. The molecule has 1 heteroatoms. The van der Waals surface area contributed by atoms with Crippen molar-refractivity contribution in [1.82, 2.24) is 0 Å².